The summed E-state index contributed by atoms with van der Waals surface area (Å²) < 4.78 is 0.992. The highest BCUT2D eigenvalue weighted by atomic mass is 16.4. The molecule has 3 heterocycles. The van der Waals surface area contributed by atoms with Crippen LogP contribution < -0.4 is 10.6 Å². The Morgan fingerprint density at radius 1 is 1.21 bits per heavy atom. The second-order valence-electron chi connectivity index (χ2n) is 4.30. The molecular formula is C10H10N4O5. The van der Waals surface area contributed by atoms with E-state index in [2.05, 4.69) is 4.98 Å². The second-order valence-corrected chi connectivity index (χ2v) is 4.30. The van der Waals surface area contributed by atoms with Crippen molar-refractivity contribution < 1.29 is 19.8 Å². The molecule has 0 spiro atoms. The highest BCUT2D eigenvalue weighted by molar-refractivity contribution is 5.89. The molecule has 9 nitrogen and oxygen atoms in total. The normalized spacial score (nSPS) is 17.4. The minimum absolute atomic E-state index is 0.0808. The van der Waals surface area contributed by atoms with E-state index >= 15 is 0 Å². The Hall–Kier alpha value is -2.58. The Bertz CT molecular complexity index is 652. The Morgan fingerprint density at radius 2 is 1.89 bits per heavy atom. The third kappa shape index (κ3) is 1.47. The molecule has 1 aromatic heterocycles. The maximum absolute atomic E-state index is 11.9. The van der Waals surface area contributed by atoms with Crippen LogP contribution in [0.4, 0.5) is 5.95 Å². The van der Waals surface area contributed by atoms with Crippen molar-refractivity contribution in [3.05, 3.63) is 16.0 Å². The second kappa shape index (κ2) is 3.70. The SMILES string of the molecule is O=C(O)c1nc2n(c(=O)c1O)CC(=O)N1CCCN21. The van der Waals surface area contributed by atoms with E-state index in [1.807, 2.05) is 0 Å². The van der Waals surface area contributed by atoms with Gasteiger partial charge in [-0.1, -0.05) is 0 Å². The lowest BCUT2D eigenvalue weighted by atomic mass is 10.3. The molecule has 19 heavy (non-hydrogen) atoms. The first-order valence-electron chi connectivity index (χ1n) is 5.65. The van der Waals surface area contributed by atoms with Crippen LogP contribution in [0.5, 0.6) is 5.75 Å². The Morgan fingerprint density at radius 3 is 2.58 bits per heavy atom. The zero-order valence-electron chi connectivity index (χ0n) is 9.74. The fourth-order valence-corrected chi connectivity index (χ4v) is 2.32. The summed E-state index contributed by atoms with van der Waals surface area (Å²) in [5.41, 5.74) is -1.61. The molecule has 2 N–H and O–H groups in total. The van der Waals surface area contributed by atoms with E-state index in [4.69, 9.17) is 5.11 Å². The van der Waals surface area contributed by atoms with Gasteiger partial charge in [-0.3, -0.25) is 19.2 Å². The molecule has 9 heteroatoms. The summed E-state index contributed by atoms with van der Waals surface area (Å²) in [5, 5.41) is 21.4. The first-order valence-corrected chi connectivity index (χ1v) is 5.65. The minimum Gasteiger partial charge on any atom is -0.501 e. The van der Waals surface area contributed by atoms with Crippen LogP contribution in [0, 0.1) is 0 Å². The monoisotopic (exact) mass is 266 g/mol. The van der Waals surface area contributed by atoms with Gasteiger partial charge in [0.15, 0.2) is 5.69 Å². The topological polar surface area (TPSA) is 116 Å². The number of amides is 1. The van der Waals surface area contributed by atoms with Crippen molar-refractivity contribution in [1.29, 1.82) is 0 Å². The van der Waals surface area contributed by atoms with Crippen molar-refractivity contribution >= 4 is 17.8 Å². The fraction of sp³-hybridized carbons (Fsp3) is 0.400. The zero-order chi connectivity index (χ0) is 13.7. The molecule has 1 saturated heterocycles. The number of aromatic carboxylic acids is 1. The number of carbonyl (C=O) groups excluding carboxylic acids is 1. The van der Waals surface area contributed by atoms with Crippen molar-refractivity contribution in [2.24, 2.45) is 0 Å². The molecule has 0 saturated carbocycles. The quantitative estimate of drug-likeness (QED) is 0.643. The number of hydrazine groups is 1. The highest BCUT2D eigenvalue weighted by Crippen LogP contribution is 2.25. The highest BCUT2D eigenvalue weighted by Gasteiger charge is 2.37. The van der Waals surface area contributed by atoms with Gasteiger partial charge >= 0.3 is 5.97 Å². The Kier molecular flexibility index (Phi) is 2.24. The van der Waals surface area contributed by atoms with Crippen molar-refractivity contribution in [2.45, 2.75) is 13.0 Å². The van der Waals surface area contributed by atoms with Crippen LogP contribution in [0.2, 0.25) is 0 Å². The van der Waals surface area contributed by atoms with Crippen LogP contribution in [0.15, 0.2) is 4.79 Å². The van der Waals surface area contributed by atoms with Crippen molar-refractivity contribution in [3.63, 3.8) is 0 Å². The fourth-order valence-electron chi connectivity index (χ4n) is 2.32. The van der Waals surface area contributed by atoms with Gasteiger partial charge in [-0.2, -0.15) is 0 Å². The number of hydrogen-bond acceptors (Lipinski definition) is 6. The van der Waals surface area contributed by atoms with Gasteiger partial charge in [0, 0.05) is 13.1 Å². The molecule has 0 atom stereocenters. The Labute approximate surface area is 106 Å². The average Bonchev–Trinajstić information content (AvgIpc) is 2.84. The smallest absolute Gasteiger partial charge is 0.358 e. The van der Waals surface area contributed by atoms with E-state index in [1.54, 1.807) is 0 Å². The number of fused-ring (bicyclic) bond motifs is 3. The molecule has 0 aliphatic carbocycles. The largest absolute Gasteiger partial charge is 0.501 e. The van der Waals surface area contributed by atoms with Crippen LogP contribution in [-0.2, 0) is 11.3 Å². The van der Waals surface area contributed by atoms with Crippen LogP contribution in [-0.4, -0.2) is 49.7 Å². The number of hydrogen-bond donors (Lipinski definition) is 2. The van der Waals surface area contributed by atoms with E-state index in [0.717, 1.165) is 4.57 Å². The number of carboxylic acid groups (broad SMARTS) is 1. The summed E-state index contributed by atoms with van der Waals surface area (Å²) in [6.07, 6.45) is 0.713. The molecule has 1 fully saturated rings. The van der Waals surface area contributed by atoms with Gasteiger partial charge in [0.1, 0.15) is 6.54 Å². The Balaban J connectivity index is 2.26. The molecule has 3 rings (SSSR count). The summed E-state index contributed by atoms with van der Waals surface area (Å²) in [5.74, 6) is -2.63. The summed E-state index contributed by atoms with van der Waals surface area (Å²) in [6, 6.07) is 0. The standard InChI is InChI=1S/C10H10N4O5/c15-5-4-12-8(17)7(16)6(9(18)19)11-10(12)14-3-1-2-13(5)14/h16H,1-4H2,(H,18,19). The number of carboxylic acids is 1. The van der Waals surface area contributed by atoms with Gasteiger partial charge < -0.3 is 10.2 Å². The maximum atomic E-state index is 11.9. The van der Waals surface area contributed by atoms with Crippen LogP contribution in [0.25, 0.3) is 0 Å². The van der Waals surface area contributed by atoms with Gasteiger partial charge in [0.25, 0.3) is 11.5 Å². The number of rotatable bonds is 1. The van der Waals surface area contributed by atoms with E-state index in [0.29, 0.717) is 19.5 Å². The molecule has 1 amide bonds. The van der Waals surface area contributed by atoms with Gasteiger partial charge in [-0.05, 0) is 6.42 Å². The number of carbonyl (C=O) groups is 2. The molecule has 0 aromatic carbocycles. The van der Waals surface area contributed by atoms with Crippen molar-refractivity contribution in [2.75, 3.05) is 18.1 Å². The van der Waals surface area contributed by atoms with Crippen LogP contribution >= 0.6 is 0 Å². The average molecular weight is 266 g/mol. The molecular weight excluding hydrogens is 256 g/mol. The zero-order valence-corrected chi connectivity index (χ0v) is 9.74. The molecule has 2 aliphatic rings. The van der Waals surface area contributed by atoms with Crippen LogP contribution in [0.1, 0.15) is 16.9 Å². The van der Waals surface area contributed by atoms with Crippen molar-refractivity contribution in [1.82, 2.24) is 14.6 Å². The lowest BCUT2D eigenvalue weighted by Crippen LogP contribution is -2.51. The first kappa shape index (κ1) is 11.5. The number of anilines is 1. The first-order chi connectivity index (χ1) is 9.00. The van der Waals surface area contributed by atoms with E-state index in [-0.39, 0.29) is 18.4 Å². The summed E-state index contributed by atoms with van der Waals surface area (Å²) >= 11 is 0. The number of nitrogens with zero attached hydrogens (tertiary/aromatic N) is 4. The van der Waals surface area contributed by atoms with E-state index in [9.17, 15) is 19.5 Å². The number of aromatic hydroxyl groups is 1. The third-order valence-electron chi connectivity index (χ3n) is 3.17. The summed E-state index contributed by atoms with van der Waals surface area (Å²) in [6.45, 7) is 0.741. The van der Waals surface area contributed by atoms with Gasteiger partial charge in [-0.15, -0.1) is 0 Å². The van der Waals surface area contributed by atoms with Crippen LogP contribution in [0.3, 0.4) is 0 Å². The van der Waals surface area contributed by atoms with E-state index < -0.39 is 23.0 Å². The molecule has 2 aliphatic heterocycles. The minimum atomic E-state index is -1.49. The van der Waals surface area contributed by atoms with Gasteiger partial charge in [0.05, 0.1) is 0 Å². The maximum Gasteiger partial charge on any atom is 0.358 e. The summed E-state index contributed by atoms with van der Waals surface area (Å²) in [4.78, 5) is 38.4. The summed E-state index contributed by atoms with van der Waals surface area (Å²) in [7, 11) is 0. The molecule has 0 bridgehead atoms. The molecule has 100 valence electrons. The lowest BCUT2D eigenvalue weighted by molar-refractivity contribution is -0.132. The predicted octanol–water partition coefficient (Wildman–Crippen LogP) is -1.39. The number of aromatic nitrogens is 2. The van der Waals surface area contributed by atoms with Crippen molar-refractivity contribution in [3.8, 4) is 5.75 Å². The lowest BCUT2D eigenvalue weighted by Gasteiger charge is -2.34. The molecule has 1 aromatic rings. The van der Waals surface area contributed by atoms with E-state index in [1.165, 1.54) is 10.0 Å². The molecule has 0 unspecified atom stereocenters. The van der Waals surface area contributed by atoms with Gasteiger partial charge in [-0.25, -0.2) is 14.8 Å². The third-order valence-corrected chi connectivity index (χ3v) is 3.17. The predicted molar refractivity (Wildman–Crippen MR) is 60.8 cm³/mol. The molecule has 0 radical (unpaired) electrons. The van der Waals surface area contributed by atoms with Gasteiger partial charge in [0.2, 0.25) is 11.7 Å².